The SMILES string of the molecule is O=C(Cc1cccc(Cl)c1)Nc1ccc(N2CCC(N3CCC(c4ccncc4)CC3)CC2)cc1. The van der Waals surface area contributed by atoms with Gasteiger partial charge in [0.2, 0.25) is 5.91 Å². The predicted octanol–water partition coefficient (Wildman–Crippen LogP) is 5.76. The summed E-state index contributed by atoms with van der Waals surface area (Å²) in [6.45, 7) is 4.55. The maximum Gasteiger partial charge on any atom is 0.228 e. The number of aromatic nitrogens is 1. The third-order valence-electron chi connectivity index (χ3n) is 7.46. The van der Waals surface area contributed by atoms with Crippen LogP contribution < -0.4 is 10.2 Å². The Hall–Kier alpha value is -2.89. The Morgan fingerprint density at radius 1 is 0.914 bits per heavy atom. The molecule has 0 atom stereocenters. The van der Waals surface area contributed by atoms with Gasteiger partial charge in [-0.25, -0.2) is 0 Å². The predicted molar refractivity (Wildman–Crippen MR) is 143 cm³/mol. The van der Waals surface area contributed by atoms with E-state index in [0.29, 0.717) is 23.4 Å². The Labute approximate surface area is 213 Å². The monoisotopic (exact) mass is 488 g/mol. The Morgan fingerprint density at radius 2 is 1.63 bits per heavy atom. The first-order chi connectivity index (χ1) is 17.1. The summed E-state index contributed by atoms with van der Waals surface area (Å²) in [5, 5.41) is 3.65. The van der Waals surface area contributed by atoms with E-state index in [9.17, 15) is 4.79 Å². The molecule has 3 heterocycles. The number of likely N-dealkylation sites (tertiary alicyclic amines) is 1. The number of rotatable bonds is 6. The molecule has 5 nitrogen and oxygen atoms in total. The fourth-order valence-electron chi connectivity index (χ4n) is 5.52. The van der Waals surface area contributed by atoms with E-state index in [2.05, 4.69) is 44.4 Å². The van der Waals surface area contributed by atoms with Crippen molar-refractivity contribution in [3.05, 3.63) is 89.2 Å². The smallest absolute Gasteiger partial charge is 0.228 e. The summed E-state index contributed by atoms with van der Waals surface area (Å²) in [4.78, 5) is 21.7. The summed E-state index contributed by atoms with van der Waals surface area (Å²) < 4.78 is 0. The Balaban J connectivity index is 1.08. The van der Waals surface area contributed by atoms with Crippen molar-refractivity contribution >= 4 is 28.9 Å². The Morgan fingerprint density at radius 3 is 2.31 bits per heavy atom. The number of amides is 1. The summed E-state index contributed by atoms with van der Waals surface area (Å²) in [7, 11) is 0. The number of piperidine rings is 2. The number of carbonyl (C=O) groups excluding carboxylic acids is 1. The number of carbonyl (C=O) groups is 1. The lowest BCUT2D eigenvalue weighted by atomic mass is 9.88. The van der Waals surface area contributed by atoms with Crippen LogP contribution in [0.3, 0.4) is 0 Å². The van der Waals surface area contributed by atoms with Gasteiger partial charge in [0.15, 0.2) is 0 Å². The van der Waals surface area contributed by atoms with Gasteiger partial charge in [-0.15, -0.1) is 0 Å². The molecule has 0 aliphatic carbocycles. The van der Waals surface area contributed by atoms with Crippen LogP contribution >= 0.6 is 11.6 Å². The zero-order chi connectivity index (χ0) is 24.0. The highest BCUT2D eigenvalue weighted by atomic mass is 35.5. The maximum atomic E-state index is 12.4. The van der Waals surface area contributed by atoms with Gasteiger partial charge >= 0.3 is 0 Å². The van der Waals surface area contributed by atoms with Gasteiger partial charge < -0.3 is 15.1 Å². The van der Waals surface area contributed by atoms with Gasteiger partial charge in [-0.2, -0.15) is 0 Å². The van der Waals surface area contributed by atoms with Crippen LogP contribution in [0.5, 0.6) is 0 Å². The molecule has 1 aromatic heterocycles. The van der Waals surface area contributed by atoms with Gasteiger partial charge in [0.25, 0.3) is 0 Å². The standard InChI is InChI=1S/C29H33ClN4O/c30-25-3-1-2-22(20-25)21-29(35)32-26-4-6-27(7-5-26)34-18-12-28(13-19-34)33-16-10-24(11-17-33)23-8-14-31-15-9-23/h1-9,14-15,20,24,28H,10-13,16-19,21H2,(H,32,35). The van der Waals surface area contributed by atoms with Gasteiger partial charge in [0.05, 0.1) is 6.42 Å². The number of halogens is 1. The maximum absolute atomic E-state index is 12.4. The van der Waals surface area contributed by atoms with Gasteiger partial charge in [0.1, 0.15) is 0 Å². The minimum absolute atomic E-state index is 0.0338. The van der Waals surface area contributed by atoms with Crippen molar-refractivity contribution in [1.29, 1.82) is 0 Å². The molecular formula is C29H33ClN4O. The van der Waals surface area contributed by atoms with Crippen molar-refractivity contribution in [2.45, 2.75) is 44.1 Å². The lowest BCUT2D eigenvalue weighted by Gasteiger charge is -2.42. The zero-order valence-corrected chi connectivity index (χ0v) is 20.8. The number of hydrogen-bond acceptors (Lipinski definition) is 4. The van der Waals surface area contributed by atoms with Gasteiger partial charge in [-0.3, -0.25) is 9.78 Å². The van der Waals surface area contributed by atoms with Gasteiger partial charge in [0, 0.05) is 47.9 Å². The molecule has 35 heavy (non-hydrogen) atoms. The molecule has 2 fully saturated rings. The summed E-state index contributed by atoms with van der Waals surface area (Å²) >= 11 is 6.02. The van der Waals surface area contributed by atoms with Crippen molar-refractivity contribution in [1.82, 2.24) is 9.88 Å². The number of nitrogens with zero attached hydrogens (tertiary/aromatic N) is 3. The Kier molecular flexibility index (Phi) is 7.65. The molecule has 0 saturated carbocycles. The summed E-state index contributed by atoms with van der Waals surface area (Å²) in [5.41, 5.74) is 4.41. The largest absolute Gasteiger partial charge is 0.371 e. The molecular weight excluding hydrogens is 456 g/mol. The molecule has 0 bridgehead atoms. The van der Waals surface area contributed by atoms with Crippen LogP contribution in [0.2, 0.25) is 5.02 Å². The van der Waals surface area contributed by atoms with E-state index in [1.165, 1.54) is 50.0 Å². The minimum Gasteiger partial charge on any atom is -0.371 e. The van der Waals surface area contributed by atoms with Crippen LogP contribution in [-0.2, 0) is 11.2 Å². The summed E-state index contributed by atoms with van der Waals surface area (Å²) in [6, 6.07) is 20.7. The van der Waals surface area contributed by atoms with E-state index in [4.69, 9.17) is 11.6 Å². The molecule has 0 unspecified atom stereocenters. The van der Waals surface area contributed by atoms with Crippen LogP contribution in [0.15, 0.2) is 73.1 Å². The topological polar surface area (TPSA) is 48.5 Å². The van der Waals surface area contributed by atoms with Crippen LogP contribution in [0.1, 0.15) is 42.7 Å². The van der Waals surface area contributed by atoms with Crippen LogP contribution in [0.4, 0.5) is 11.4 Å². The highest BCUT2D eigenvalue weighted by molar-refractivity contribution is 6.30. The molecule has 3 aromatic rings. The van der Waals surface area contributed by atoms with Crippen LogP contribution in [-0.4, -0.2) is 48.0 Å². The number of hydrogen-bond donors (Lipinski definition) is 1. The van der Waals surface area contributed by atoms with Crippen molar-refractivity contribution in [2.24, 2.45) is 0 Å². The van der Waals surface area contributed by atoms with Crippen molar-refractivity contribution in [3.63, 3.8) is 0 Å². The second-order valence-corrected chi connectivity index (χ2v) is 10.1. The molecule has 1 amide bonds. The number of nitrogens with one attached hydrogen (secondary N) is 1. The fraction of sp³-hybridized carbons (Fsp3) is 0.379. The van der Waals surface area contributed by atoms with E-state index < -0.39 is 0 Å². The molecule has 0 spiro atoms. The van der Waals surface area contributed by atoms with E-state index in [1.54, 1.807) is 0 Å². The molecule has 182 valence electrons. The van der Waals surface area contributed by atoms with E-state index >= 15 is 0 Å². The minimum atomic E-state index is -0.0338. The molecule has 2 saturated heterocycles. The van der Waals surface area contributed by atoms with E-state index in [1.807, 2.05) is 48.8 Å². The molecule has 2 aliphatic rings. The number of anilines is 2. The molecule has 6 heteroatoms. The second kappa shape index (κ2) is 11.2. The fourth-order valence-corrected chi connectivity index (χ4v) is 5.73. The molecule has 5 rings (SSSR count). The molecule has 2 aliphatic heterocycles. The van der Waals surface area contributed by atoms with Crippen LogP contribution in [0, 0.1) is 0 Å². The number of pyridine rings is 1. The van der Waals surface area contributed by atoms with Crippen molar-refractivity contribution in [2.75, 3.05) is 36.4 Å². The molecule has 0 radical (unpaired) electrons. The van der Waals surface area contributed by atoms with E-state index in [-0.39, 0.29) is 5.91 Å². The zero-order valence-electron chi connectivity index (χ0n) is 20.1. The third-order valence-corrected chi connectivity index (χ3v) is 7.69. The third kappa shape index (κ3) is 6.22. The van der Waals surface area contributed by atoms with E-state index in [0.717, 1.165) is 24.3 Å². The number of benzene rings is 2. The highest BCUT2D eigenvalue weighted by Crippen LogP contribution is 2.31. The summed E-state index contributed by atoms with van der Waals surface area (Å²) in [5.74, 6) is 0.646. The molecule has 2 aromatic carbocycles. The lowest BCUT2D eigenvalue weighted by Crippen LogP contribution is -2.47. The molecule has 1 N–H and O–H groups in total. The first-order valence-corrected chi connectivity index (χ1v) is 13.0. The van der Waals surface area contributed by atoms with Crippen molar-refractivity contribution < 1.29 is 4.79 Å². The first kappa shape index (κ1) is 23.8. The second-order valence-electron chi connectivity index (χ2n) is 9.71. The van der Waals surface area contributed by atoms with Crippen molar-refractivity contribution in [3.8, 4) is 0 Å². The quantitative estimate of drug-likeness (QED) is 0.479. The lowest BCUT2D eigenvalue weighted by molar-refractivity contribution is -0.115. The average molecular weight is 489 g/mol. The van der Waals surface area contributed by atoms with Gasteiger partial charge in [-0.05, 0) is 104 Å². The van der Waals surface area contributed by atoms with Crippen LogP contribution in [0.25, 0.3) is 0 Å². The highest BCUT2D eigenvalue weighted by Gasteiger charge is 2.28. The average Bonchev–Trinajstić information content (AvgIpc) is 2.90. The normalized spacial score (nSPS) is 17.9. The summed E-state index contributed by atoms with van der Waals surface area (Å²) in [6.07, 6.45) is 9.05. The van der Waals surface area contributed by atoms with Gasteiger partial charge in [-0.1, -0.05) is 23.7 Å². The first-order valence-electron chi connectivity index (χ1n) is 12.7. The Bertz CT molecular complexity index is 1110.